The maximum Gasteiger partial charge on any atom is 0.201 e. The number of thiocarbonyl (C=S) groups is 1. The van der Waals surface area contributed by atoms with E-state index in [-0.39, 0.29) is 5.11 Å². The topological polar surface area (TPSA) is 75.6 Å². The molecule has 0 unspecified atom stereocenters. The molecular formula is C6H8N4OS. The highest BCUT2D eigenvalue weighted by Gasteiger charge is 1.88. The lowest BCUT2D eigenvalue weighted by Gasteiger charge is -1.97. The van der Waals surface area contributed by atoms with Crippen molar-refractivity contribution in [3.8, 4) is 0 Å². The predicted octanol–water partition coefficient (Wildman–Crippen LogP) is -0.0487. The first-order valence-electron chi connectivity index (χ1n) is 3.16. The quantitative estimate of drug-likeness (QED) is 0.260. The number of hydrogen-bond donors (Lipinski definition) is 3. The number of rotatable bonds is 2. The largest absolute Gasteiger partial charge is 0.463 e. The monoisotopic (exact) mass is 184 g/mol. The summed E-state index contributed by atoms with van der Waals surface area (Å²) in [6.45, 7) is 0. The van der Waals surface area contributed by atoms with Crippen molar-refractivity contribution in [2.75, 3.05) is 0 Å². The second-order valence-electron chi connectivity index (χ2n) is 1.86. The minimum Gasteiger partial charge on any atom is -0.463 e. The van der Waals surface area contributed by atoms with Crippen LogP contribution in [0.25, 0.3) is 0 Å². The summed E-state index contributed by atoms with van der Waals surface area (Å²) in [6.07, 6.45) is 3.05. The fourth-order valence-electron chi connectivity index (χ4n) is 0.552. The van der Waals surface area contributed by atoms with Gasteiger partial charge in [-0.05, 0) is 24.4 Å². The van der Waals surface area contributed by atoms with Gasteiger partial charge < -0.3 is 4.42 Å². The van der Waals surface area contributed by atoms with Gasteiger partial charge in [0.2, 0.25) is 5.11 Å². The lowest BCUT2D eigenvalue weighted by molar-refractivity contribution is 0.560. The van der Waals surface area contributed by atoms with E-state index < -0.39 is 0 Å². The molecule has 0 aliphatic rings. The first kappa shape index (κ1) is 8.69. The third kappa shape index (κ3) is 2.69. The second-order valence-corrected chi connectivity index (χ2v) is 2.27. The molecule has 0 radical (unpaired) electrons. The van der Waals surface area contributed by atoms with Crippen LogP contribution < -0.4 is 16.7 Å². The van der Waals surface area contributed by atoms with Crippen molar-refractivity contribution in [1.82, 2.24) is 10.9 Å². The summed E-state index contributed by atoms with van der Waals surface area (Å²) in [6, 6.07) is 3.53. The summed E-state index contributed by atoms with van der Waals surface area (Å²) < 4.78 is 4.96. The van der Waals surface area contributed by atoms with Gasteiger partial charge in [-0.15, -0.1) is 0 Å². The van der Waals surface area contributed by atoms with Crippen LogP contribution in [-0.4, -0.2) is 11.3 Å². The van der Waals surface area contributed by atoms with Crippen molar-refractivity contribution in [3.63, 3.8) is 0 Å². The Morgan fingerprint density at radius 2 is 2.58 bits per heavy atom. The standard InChI is InChI=1S/C6H8N4OS/c7-9-6(12)10-8-4-5-2-1-3-11-5/h1-4H,7H2,(H2,9,10,12). The van der Waals surface area contributed by atoms with Gasteiger partial charge in [-0.1, -0.05) is 0 Å². The first-order chi connectivity index (χ1) is 5.83. The number of hydrazone groups is 1. The smallest absolute Gasteiger partial charge is 0.201 e. The molecule has 0 fully saturated rings. The van der Waals surface area contributed by atoms with E-state index in [1.165, 1.54) is 6.21 Å². The van der Waals surface area contributed by atoms with Crippen LogP contribution in [0.4, 0.5) is 0 Å². The average molecular weight is 184 g/mol. The Morgan fingerprint density at radius 3 is 3.17 bits per heavy atom. The third-order valence-corrected chi connectivity index (χ3v) is 1.24. The fraction of sp³-hybridized carbons (Fsp3) is 0. The third-order valence-electron chi connectivity index (χ3n) is 1.03. The second kappa shape index (κ2) is 4.47. The van der Waals surface area contributed by atoms with Gasteiger partial charge in [0.25, 0.3) is 0 Å². The summed E-state index contributed by atoms with van der Waals surface area (Å²) in [5, 5.41) is 3.98. The molecule has 1 aromatic heterocycles. The van der Waals surface area contributed by atoms with Crippen LogP contribution in [0, 0.1) is 0 Å². The Hall–Kier alpha value is -1.40. The number of nitrogens with one attached hydrogen (secondary N) is 2. The Morgan fingerprint density at radius 1 is 1.75 bits per heavy atom. The van der Waals surface area contributed by atoms with Gasteiger partial charge in [-0.25, -0.2) is 5.84 Å². The maximum atomic E-state index is 4.98. The molecule has 0 bridgehead atoms. The van der Waals surface area contributed by atoms with Crippen molar-refractivity contribution in [3.05, 3.63) is 24.2 Å². The molecule has 12 heavy (non-hydrogen) atoms. The molecular weight excluding hydrogens is 176 g/mol. The zero-order valence-corrected chi connectivity index (χ0v) is 6.97. The zero-order chi connectivity index (χ0) is 8.81. The van der Waals surface area contributed by atoms with E-state index in [4.69, 9.17) is 10.3 Å². The highest BCUT2D eigenvalue weighted by atomic mass is 32.1. The molecule has 4 N–H and O–H groups in total. The van der Waals surface area contributed by atoms with E-state index in [0.717, 1.165) is 0 Å². The number of furan rings is 1. The molecule has 0 atom stereocenters. The van der Waals surface area contributed by atoms with Gasteiger partial charge >= 0.3 is 0 Å². The minimum absolute atomic E-state index is 0.248. The van der Waals surface area contributed by atoms with E-state index in [1.54, 1.807) is 18.4 Å². The maximum absolute atomic E-state index is 4.98. The summed E-state index contributed by atoms with van der Waals surface area (Å²) in [5.41, 5.74) is 4.70. The van der Waals surface area contributed by atoms with E-state index in [9.17, 15) is 0 Å². The number of nitrogens with zero attached hydrogens (tertiary/aromatic N) is 1. The van der Waals surface area contributed by atoms with Gasteiger partial charge in [0.15, 0.2) is 0 Å². The van der Waals surface area contributed by atoms with Gasteiger partial charge in [-0.2, -0.15) is 5.10 Å². The van der Waals surface area contributed by atoms with Crippen LogP contribution in [-0.2, 0) is 0 Å². The Bertz CT molecular complexity index is 269. The van der Waals surface area contributed by atoms with E-state index in [2.05, 4.69) is 28.2 Å². The Balaban J connectivity index is 2.37. The van der Waals surface area contributed by atoms with Crippen molar-refractivity contribution in [2.24, 2.45) is 10.9 Å². The number of nitrogens with two attached hydrogens (primary N) is 1. The average Bonchev–Trinajstić information content (AvgIpc) is 2.57. The van der Waals surface area contributed by atoms with Gasteiger partial charge in [-0.3, -0.25) is 10.9 Å². The van der Waals surface area contributed by atoms with E-state index >= 15 is 0 Å². The van der Waals surface area contributed by atoms with Crippen LogP contribution >= 0.6 is 12.2 Å². The molecule has 64 valence electrons. The number of hydrazine groups is 1. The van der Waals surface area contributed by atoms with Crippen molar-refractivity contribution >= 4 is 23.5 Å². The van der Waals surface area contributed by atoms with E-state index in [1.807, 2.05) is 0 Å². The van der Waals surface area contributed by atoms with Crippen LogP contribution in [0.1, 0.15) is 5.76 Å². The lowest BCUT2D eigenvalue weighted by Crippen LogP contribution is -2.37. The molecule has 0 spiro atoms. The van der Waals surface area contributed by atoms with Crippen LogP contribution in [0.3, 0.4) is 0 Å². The van der Waals surface area contributed by atoms with Gasteiger partial charge in [0, 0.05) is 0 Å². The van der Waals surface area contributed by atoms with Crippen LogP contribution in [0.2, 0.25) is 0 Å². The molecule has 0 aliphatic carbocycles. The molecule has 6 heteroatoms. The van der Waals surface area contributed by atoms with Crippen LogP contribution in [0.15, 0.2) is 27.9 Å². The zero-order valence-electron chi connectivity index (χ0n) is 6.15. The highest BCUT2D eigenvalue weighted by Crippen LogP contribution is 1.93. The Labute approximate surface area is 74.6 Å². The van der Waals surface area contributed by atoms with Gasteiger partial charge in [0.05, 0.1) is 12.5 Å². The van der Waals surface area contributed by atoms with Crippen molar-refractivity contribution < 1.29 is 4.42 Å². The molecule has 0 aromatic carbocycles. The van der Waals surface area contributed by atoms with E-state index in [0.29, 0.717) is 5.76 Å². The van der Waals surface area contributed by atoms with Crippen molar-refractivity contribution in [2.45, 2.75) is 0 Å². The summed E-state index contributed by atoms with van der Waals surface area (Å²) >= 11 is 4.66. The molecule has 0 saturated carbocycles. The molecule has 0 amide bonds. The molecule has 0 aliphatic heterocycles. The summed E-state index contributed by atoms with van der Waals surface area (Å²) in [7, 11) is 0. The normalized spacial score (nSPS) is 10.1. The predicted molar refractivity (Wildman–Crippen MR) is 49.4 cm³/mol. The fourth-order valence-corrected chi connectivity index (χ4v) is 0.604. The summed E-state index contributed by atoms with van der Waals surface area (Å²) in [5.74, 6) is 5.62. The molecule has 1 rings (SSSR count). The Kier molecular flexibility index (Phi) is 3.24. The number of hydrogen-bond acceptors (Lipinski definition) is 4. The minimum atomic E-state index is 0.248. The van der Waals surface area contributed by atoms with Crippen LogP contribution in [0.5, 0.6) is 0 Å². The lowest BCUT2D eigenvalue weighted by atomic mass is 10.5. The highest BCUT2D eigenvalue weighted by molar-refractivity contribution is 7.80. The molecule has 1 aromatic rings. The molecule has 0 saturated heterocycles. The molecule has 5 nitrogen and oxygen atoms in total. The molecule has 1 heterocycles. The SMILES string of the molecule is NNC(=S)NN=Cc1ccco1. The van der Waals surface area contributed by atoms with Crippen molar-refractivity contribution in [1.29, 1.82) is 0 Å². The summed E-state index contributed by atoms with van der Waals surface area (Å²) in [4.78, 5) is 0. The van der Waals surface area contributed by atoms with Gasteiger partial charge in [0.1, 0.15) is 5.76 Å². The first-order valence-corrected chi connectivity index (χ1v) is 3.57.